The second-order valence-corrected chi connectivity index (χ2v) is 2.91. The van der Waals surface area contributed by atoms with Crippen LogP contribution in [-0.2, 0) is 13.6 Å². The van der Waals surface area contributed by atoms with E-state index < -0.39 is 0 Å². The van der Waals surface area contributed by atoms with Crippen molar-refractivity contribution < 1.29 is 4.79 Å². The first kappa shape index (κ1) is 9.50. The SMILES string of the molecule is CN(C)C(=O)NCc1nncn1C. The summed E-state index contributed by atoms with van der Waals surface area (Å²) in [6, 6.07) is -0.136. The third-order valence-corrected chi connectivity index (χ3v) is 1.61. The van der Waals surface area contributed by atoms with Crippen molar-refractivity contribution in [3.63, 3.8) is 0 Å². The molecule has 6 heteroatoms. The smallest absolute Gasteiger partial charge is 0.317 e. The minimum atomic E-state index is -0.136. The van der Waals surface area contributed by atoms with Crippen molar-refractivity contribution in [2.45, 2.75) is 6.54 Å². The number of hydrogen-bond acceptors (Lipinski definition) is 3. The molecule has 72 valence electrons. The maximum Gasteiger partial charge on any atom is 0.317 e. The van der Waals surface area contributed by atoms with Crippen LogP contribution in [0.4, 0.5) is 4.79 Å². The van der Waals surface area contributed by atoms with Gasteiger partial charge in [-0.15, -0.1) is 10.2 Å². The monoisotopic (exact) mass is 183 g/mol. The van der Waals surface area contributed by atoms with Crippen molar-refractivity contribution in [3.8, 4) is 0 Å². The summed E-state index contributed by atoms with van der Waals surface area (Å²) in [5.74, 6) is 0.732. The van der Waals surface area contributed by atoms with Crippen LogP contribution in [0.2, 0.25) is 0 Å². The van der Waals surface area contributed by atoms with Crippen molar-refractivity contribution >= 4 is 6.03 Å². The molecule has 1 heterocycles. The lowest BCUT2D eigenvalue weighted by atomic mass is 10.6. The number of carbonyl (C=O) groups excluding carboxylic acids is 1. The van der Waals surface area contributed by atoms with Crippen LogP contribution in [0.5, 0.6) is 0 Å². The number of aryl methyl sites for hydroxylation is 1. The fourth-order valence-electron chi connectivity index (χ4n) is 0.780. The number of aromatic nitrogens is 3. The zero-order valence-electron chi connectivity index (χ0n) is 7.98. The fraction of sp³-hybridized carbons (Fsp3) is 0.571. The third kappa shape index (κ3) is 2.43. The number of nitrogens with zero attached hydrogens (tertiary/aromatic N) is 4. The number of rotatable bonds is 2. The van der Waals surface area contributed by atoms with Crippen LogP contribution in [0.1, 0.15) is 5.82 Å². The van der Waals surface area contributed by atoms with Gasteiger partial charge in [-0.3, -0.25) is 0 Å². The van der Waals surface area contributed by atoms with E-state index in [0.717, 1.165) is 5.82 Å². The Bertz CT molecular complexity index is 293. The molecule has 0 unspecified atom stereocenters. The summed E-state index contributed by atoms with van der Waals surface area (Å²) < 4.78 is 1.76. The lowest BCUT2D eigenvalue weighted by molar-refractivity contribution is 0.216. The predicted molar refractivity (Wildman–Crippen MR) is 46.9 cm³/mol. The van der Waals surface area contributed by atoms with Gasteiger partial charge in [-0.05, 0) is 0 Å². The Morgan fingerprint density at radius 3 is 2.85 bits per heavy atom. The molecule has 0 aliphatic heterocycles. The molecule has 0 aromatic carbocycles. The Morgan fingerprint density at radius 2 is 2.38 bits per heavy atom. The minimum Gasteiger partial charge on any atom is -0.331 e. The van der Waals surface area contributed by atoms with Gasteiger partial charge in [0.15, 0.2) is 5.82 Å². The summed E-state index contributed by atoms with van der Waals surface area (Å²) >= 11 is 0. The van der Waals surface area contributed by atoms with E-state index in [2.05, 4.69) is 15.5 Å². The van der Waals surface area contributed by atoms with Crippen LogP contribution < -0.4 is 5.32 Å². The van der Waals surface area contributed by atoms with Gasteiger partial charge < -0.3 is 14.8 Å². The zero-order valence-corrected chi connectivity index (χ0v) is 7.98. The highest BCUT2D eigenvalue weighted by molar-refractivity contribution is 5.73. The highest BCUT2D eigenvalue weighted by Gasteiger charge is 2.04. The predicted octanol–water partition coefficient (Wildman–Crippen LogP) is -0.414. The topological polar surface area (TPSA) is 63.1 Å². The van der Waals surface area contributed by atoms with E-state index in [4.69, 9.17) is 0 Å². The molecule has 0 bridgehead atoms. The van der Waals surface area contributed by atoms with Crippen LogP contribution in [0.3, 0.4) is 0 Å². The lowest BCUT2D eigenvalue weighted by Crippen LogP contribution is -2.34. The van der Waals surface area contributed by atoms with Crippen molar-refractivity contribution in [3.05, 3.63) is 12.2 Å². The van der Waals surface area contributed by atoms with Crippen molar-refractivity contribution in [2.24, 2.45) is 7.05 Å². The normalized spacial score (nSPS) is 9.77. The molecular formula is C7H13N5O. The Kier molecular flexibility index (Phi) is 2.84. The van der Waals surface area contributed by atoms with Gasteiger partial charge in [0.2, 0.25) is 0 Å². The minimum absolute atomic E-state index is 0.136. The summed E-state index contributed by atoms with van der Waals surface area (Å²) in [7, 11) is 5.20. The number of urea groups is 1. The molecule has 0 radical (unpaired) electrons. The van der Waals surface area contributed by atoms with Crippen LogP contribution in [0.25, 0.3) is 0 Å². The molecule has 1 aromatic heterocycles. The average Bonchev–Trinajstić information content (AvgIpc) is 2.47. The molecule has 0 spiro atoms. The van der Waals surface area contributed by atoms with Gasteiger partial charge in [0.25, 0.3) is 0 Å². The maximum atomic E-state index is 11.1. The van der Waals surface area contributed by atoms with Crippen molar-refractivity contribution in [1.82, 2.24) is 25.0 Å². The largest absolute Gasteiger partial charge is 0.331 e. The lowest BCUT2D eigenvalue weighted by Gasteiger charge is -2.10. The summed E-state index contributed by atoms with van der Waals surface area (Å²) in [5, 5.41) is 10.2. The molecule has 1 N–H and O–H groups in total. The fourth-order valence-corrected chi connectivity index (χ4v) is 0.780. The Labute approximate surface area is 76.6 Å². The first-order valence-corrected chi connectivity index (χ1v) is 3.89. The number of amides is 2. The standard InChI is InChI=1S/C7H13N5O/c1-11(2)7(13)8-4-6-10-9-5-12(6)3/h5H,4H2,1-3H3,(H,8,13). The maximum absolute atomic E-state index is 11.1. The molecule has 1 aromatic rings. The number of nitrogens with one attached hydrogen (secondary N) is 1. The number of carbonyl (C=O) groups is 1. The summed E-state index contributed by atoms with van der Waals surface area (Å²) in [6.07, 6.45) is 1.59. The third-order valence-electron chi connectivity index (χ3n) is 1.61. The second-order valence-electron chi connectivity index (χ2n) is 2.91. The Hall–Kier alpha value is -1.59. The van der Waals surface area contributed by atoms with Crippen LogP contribution in [0.15, 0.2) is 6.33 Å². The molecule has 2 amide bonds. The quantitative estimate of drug-likeness (QED) is 0.677. The van der Waals surface area contributed by atoms with Gasteiger partial charge in [0, 0.05) is 21.1 Å². The molecular weight excluding hydrogens is 170 g/mol. The summed E-state index contributed by atoms with van der Waals surface area (Å²) in [4.78, 5) is 12.6. The average molecular weight is 183 g/mol. The van der Waals surface area contributed by atoms with Gasteiger partial charge >= 0.3 is 6.03 Å². The molecule has 0 aliphatic carbocycles. The highest BCUT2D eigenvalue weighted by atomic mass is 16.2. The molecule has 13 heavy (non-hydrogen) atoms. The van der Waals surface area contributed by atoms with Crippen molar-refractivity contribution in [2.75, 3.05) is 14.1 Å². The van der Waals surface area contributed by atoms with Gasteiger partial charge in [-0.25, -0.2) is 4.79 Å². The Morgan fingerprint density at radius 1 is 1.69 bits per heavy atom. The van der Waals surface area contributed by atoms with Gasteiger partial charge in [0.05, 0.1) is 6.54 Å². The van der Waals surface area contributed by atoms with E-state index in [1.165, 1.54) is 4.90 Å². The van der Waals surface area contributed by atoms with Crippen molar-refractivity contribution in [1.29, 1.82) is 0 Å². The molecule has 0 aliphatic rings. The van der Waals surface area contributed by atoms with Gasteiger partial charge in [0.1, 0.15) is 6.33 Å². The molecule has 0 fully saturated rings. The van der Waals surface area contributed by atoms with E-state index in [1.807, 2.05) is 7.05 Å². The van der Waals surface area contributed by atoms with Crippen LogP contribution in [0, 0.1) is 0 Å². The first-order chi connectivity index (χ1) is 6.11. The first-order valence-electron chi connectivity index (χ1n) is 3.89. The second kappa shape index (κ2) is 3.88. The molecule has 0 saturated heterocycles. The highest BCUT2D eigenvalue weighted by Crippen LogP contribution is 1.90. The number of hydrogen-bond donors (Lipinski definition) is 1. The van der Waals surface area contributed by atoms with E-state index in [0.29, 0.717) is 6.54 Å². The van der Waals surface area contributed by atoms with Gasteiger partial charge in [-0.1, -0.05) is 0 Å². The van der Waals surface area contributed by atoms with Gasteiger partial charge in [-0.2, -0.15) is 0 Å². The molecule has 0 saturated carbocycles. The van der Waals surface area contributed by atoms with E-state index in [9.17, 15) is 4.79 Å². The van der Waals surface area contributed by atoms with Crippen LogP contribution in [-0.4, -0.2) is 39.8 Å². The Balaban J connectivity index is 2.44. The molecule has 1 rings (SSSR count). The zero-order chi connectivity index (χ0) is 9.84. The summed E-state index contributed by atoms with van der Waals surface area (Å²) in [6.45, 7) is 0.396. The molecule has 0 atom stereocenters. The van der Waals surface area contributed by atoms with E-state index in [1.54, 1.807) is 25.0 Å². The van der Waals surface area contributed by atoms with Crippen LogP contribution >= 0.6 is 0 Å². The molecule has 6 nitrogen and oxygen atoms in total. The summed E-state index contributed by atoms with van der Waals surface area (Å²) in [5.41, 5.74) is 0. The van der Waals surface area contributed by atoms with E-state index in [-0.39, 0.29) is 6.03 Å². The van der Waals surface area contributed by atoms with E-state index >= 15 is 0 Å².